The van der Waals surface area contributed by atoms with Crippen LogP contribution in [0, 0.1) is 0 Å². The van der Waals surface area contributed by atoms with Crippen LogP contribution in [0.25, 0.3) is 0 Å². The van der Waals surface area contributed by atoms with E-state index in [1.807, 2.05) is 19.0 Å². The topological polar surface area (TPSA) is 135 Å². The maximum absolute atomic E-state index is 12.9. The highest BCUT2D eigenvalue weighted by Gasteiger charge is 2.26. The van der Waals surface area contributed by atoms with Crippen molar-refractivity contribution < 1.29 is 47.7 Å². The van der Waals surface area contributed by atoms with E-state index in [4.69, 9.17) is 23.7 Å². The second-order valence-electron chi connectivity index (χ2n) is 14.8. The largest absolute Gasteiger partial charge is 0.466 e. The van der Waals surface area contributed by atoms with Gasteiger partial charge in [0.15, 0.2) is 6.10 Å². The summed E-state index contributed by atoms with van der Waals surface area (Å²) < 4.78 is 26.9. The average molecular weight is 770 g/mol. The Kier molecular flexibility index (Phi) is 36.7. The van der Waals surface area contributed by atoms with Crippen molar-refractivity contribution in [1.29, 1.82) is 0 Å². The quantitative estimate of drug-likeness (QED) is 0.0336. The maximum atomic E-state index is 12.9. The molecule has 54 heavy (non-hydrogen) atoms. The summed E-state index contributed by atoms with van der Waals surface area (Å²) in [6.45, 7) is 6.47. The van der Waals surface area contributed by atoms with Crippen molar-refractivity contribution in [2.45, 2.75) is 200 Å². The van der Waals surface area contributed by atoms with Gasteiger partial charge in [-0.15, -0.1) is 0 Å². The predicted molar refractivity (Wildman–Crippen MR) is 213 cm³/mol. The lowest BCUT2D eigenvalue weighted by Gasteiger charge is -2.17. The molecule has 0 aromatic heterocycles. The normalized spacial score (nSPS) is 11.6. The van der Waals surface area contributed by atoms with E-state index >= 15 is 0 Å². The van der Waals surface area contributed by atoms with Gasteiger partial charge < -0.3 is 28.6 Å². The molecule has 0 aromatic carbocycles. The first-order chi connectivity index (χ1) is 26.2. The SMILES string of the molecule is CCCCCCCCC(=O)OCCCCCCCOC(=O)CCC(OC(=O)CCCN(C)C)C(=O)OCCCCCCCOC(=O)CCCCCCCC. The van der Waals surface area contributed by atoms with Gasteiger partial charge in [-0.2, -0.15) is 0 Å². The van der Waals surface area contributed by atoms with Gasteiger partial charge in [-0.05, 0) is 65.6 Å². The third-order valence-electron chi connectivity index (χ3n) is 9.21. The van der Waals surface area contributed by atoms with Crippen LogP contribution in [0.4, 0.5) is 0 Å². The van der Waals surface area contributed by atoms with Gasteiger partial charge in [0.05, 0.1) is 26.4 Å². The maximum Gasteiger partial charge on any atom is 0.347 e. The molecule has 11 heteroatoms. The number of ether oxygens (including phenoxy) is 5. The molecule has 0 saturated heterocycles. The Balaban J connectivity index is 4.19. The Labute approximate surface area is 328 Å². The Hall–Kier alpha value is -2.69. The molecule has 0 radical (unpaired) electrons. The van der Waals surface area contributed by atoms with Crippen LogP contribution >= 0.6 is 0 Å². The number of rotatable bonds is 39. The standard InChI is InChI=1S/C43H79NO10/c1-5-7-9-11-15-21-28-39(45)50-34-23-17-13-18-25-36-52-41(47)32-31-38(54-42(48)30-27-33-44(3)4)43(49)53-37-26-20-14-19-24-35-51-40(46)29-22-16-12-10-8-6-2/h38H,5-37H2,1-4H3. The molecule has 0 aliphatic heterocycles. The Morgan fingerprint density at radius 2 is 0.759 bits per heavy atom. The number of hydrogen-bond donors (Lipinski definition) is 0. The zero-order valence-electron chi connectivity index (χ0n) is 34.9. The van der Waals surface area contributed by atoms with Gasteiger partial charge in [-0.1, -0.05) is 117 Å². The van der Waals surface area contributed by atoms with Gasteiger partial charge in [0.25, 0.3) is 0 Å². The van der Waals surface area contributed by atoms with E-state index in [2.05, 4.69) is 13.8 Å². The molecule has 0 rings (SSSR count). The van der Waals surface area contributed by atoms with Crippen molar-refractivity contribution in [3.05, 3.63) is 0 Å². The zero-order valence-corrected chi connectivity index (χ0v) is 34.9. The fourth-order valence-corrected chi connectivity index (χ4v) is 5.84. The van der Waals surface area contributed by atoms with Gasteiger partial charge >= 0.3 is 29.8 Å². The summed E-state index contributed by atoms with van der Waals surface area (Å²) in [5.74, 6) is -1.80. The summed E-state index contributed by atoms with van der Waals surface area (Å²) in [5.41, 5.74) is 0. The van der Waals surface area contributed by atoms with Crippen LogP contribution in [0.15, 0.2) is 0 Å². The summed E-state index contributed by atoms with van der Waals surface area (Å²) in [6.07, 6.45) is 22.8. The van der Waals surface area contributed by atoms with Gasteiger partial charge in [-0.3, -0.25) is 19.2 Å². The smallest absolute Gasteiger partial charge is 0.347 e. The molecule has 0 amide bonds. The minimum absolute atomic E-state index is 0.00619. The number of esters is 5. The highest BCUT2D eigenvalue weighted by molar-refractivity contribution is 5.80. The van der Waals surface area contributed by atoms with Crippen molar-refractivity contribution in [3.8, 4) is 0 Å². The van der Waals surface area contributed by atoms with Crippen LogP contribution < -0.4 is 0 Å². The Bertz CT molecular complexity index is 941. The number of carbonyl (C=O) groups is 5. The fourth-order valence-electron chi connectivity index (χ4n) is 5.84. The molecule has 1 atom stereocenters. The lowest BCUT2D eigenvalue weighted by molar-refractivity contribution is -0.169. The van der Waals surface area contributed by atoms with E-state index in [1.54, 1.807) is 0 Å². The third kappa shape index (κ3) is 36.3. The fraction of sp³-hybridized carbons (Fsp3) is 0.884. The van der Waals surface area contributed by atoms with Gasteiger partial charge in [0.1, 0.15) is 0 Å². The molecule has 0 N–H and O–H groups in total. The zero-order chi connectivity index (χ0) is 39.9. The van der Waals surface area contributed by atoms with Crippen molar-refractivity contribution in [1.82, 2.24) is 4.90 Å². The first-order valence-electron chi connectivity index (χ1n) is 21.7. The van der Waals surface area contributed by atoms with Crippen LogP contribution in [-0.2, 0) is 47.7 Å². The molecule has 0 aliphatic carbocycles. The predicted octanol–water partition coefficient (Wildman–Crippen LogP) is 9.60. The first-order valence-corrected chi connectivity index (χ1v) is 21.7. The van der Waals surface area contributed by atoms with Crippen LogP contribution in [0.3, 0.4) is 0 Å². The van der Waals surface area contributed by atoms with E-state index < -0.39 is 24.0 Å². The number of unbranched alkanes of at least 4 members (excludes halogenated alkanes) is 18. The average Bonchev–Trinajstić information content (AvgIpc) is 3.14. The van der Waals surface area contributed by atoms with E-state index in [1.165, 1.54) is 51.4 Å². The summed E-state index contributed by atoms with van der Waals surface area (Å²) >= 11 is 0. The van der Waals surface area contributed by atoms with Gasteiger partial charge in [0, 0.05) is 32.1 Å². The van der Waals surface area contributed by atoms with Crippen LogP contribution in [0.5, 0.6) is 0 Å². The molecule has 0 bridgehead atoms. The molecule has 11 nitrogen and oxygen atoms in total. The molecule has 0 saturated carbocycles. The van der Waals surface area contributed by atoms with Crippen molar-refractivity contribution >= 4 is 29.8 Å². The minimum atomic E-state index is -1.16. The minimum Gasteiger partial charge on any atom is -0.466 e. The summed E-state index contributed by atoms with van der Waals surface area (Å²) in [7, 11) is 3.84. The summed E-state index contributed by atoms with van der Waals surface area (Å²) in [4.78, 5) is 63.4. The number of carbonyl (C=O) groups excluding carboxylic acids is 5. The van der Waals surface area contributed by atoms with Crippen LogP contribution in [-0.4, -0.2) is 87.9 Å². The summed E-state index contributed by atoms with van der Waals surface area (Å²) in [5, 5.41) is 0. The molecule has 1 unspecified atom stereocenters. The van der Waals surface area contributed by atoms with Crippen LogP contribution in [0.1, 0.15) is 194 Å². The highest BCUT2D eigenvalue weighted by atomic mass is 16.6. The van der Waals surface area contributed by atoms with Gasteiger partial charge in [-0.25, -0.2) is 4.79 Å². The van der Waals surface area contributed by atoms with Crippen molar-refractivity contribution in [2.75, 3.05) is 47.1 Å². The first kappa shape index (κ1) is 51.3. The molecule has 316 valence electrons. The lowest BCUT2D eigenvalue weighted by Crippen LogP contribution is -2.30. The Morgan fingerprint density at radius 1 is 0.407 bits per heavy atom. The molecular formula is C43H79NO10. The van der Waals surface area contributed by atoms with Crippen LogP contribution in [0.2, 0.25) is 0 Å². The van der Waals surface area contributed by atoms with E-state index in [9.17, 15) is 24.0 Å². The Morgan fingerprint density at radius 3 is 1.19 bits per heavy atom. The molecule has 0 fully saturated rings. The summed E-state index contributed by atoms with van der Waals surface area (Å²) in [6, 6.07) is 0. The third-order valence-corrected chi connectivity index (χ3v) is 9.21. The van der Waals surface area contributed by atoms with Crippen molar-refractivity contribution in [2.24, 2.45) is 0 Å². The molecule has 0 heterocycles. The molecule has 0 aromatic rings. The van der Waals surface area contributed by atoms with E-state index in [0.717, 1.165) is 83.5 Å². The number of hydrogen-bond acceptors (Lipinski definition) is 11. The molecular weight excluding hydrogens is 690 g/mol. The number of nitrogens with zero attached hydrogens (tertiary/aromatic N) is 1. The van der Waals surface area contributed by atoms with E-state index in [0.29, 0.717) is 45.4 Å². The second-order valence-corrected chi connectivity index (χ2v) is 14.8. The monoisotopic (exact) mass is 770 g/mol. The van der Waals surface area contributed by atoms with Gasteiger partial charge in [0.2, 0.25) is 0 Å². The second kappa shape index (κ2) is 38.6. The van der Waals surface area contributed by atoms with E-state index in [-0.39, 0.29) is 44.4 Å². The molecule has 0 spiro atoms. The van der Waals surface area contributed by atoms with Crippen molar-refractivity contribution in [3.63, 3.8) is 0 Å². The highest BCUT2D eigenvalue weighted by Crippen LogP contribution is 2.13. The molecule has 0 aliphatic rings. The lowest BCUT2D eigenvalue weighted by atomic mass is 10.1.